The van der Waals surface area contributed by atoms with E-state index in [1.165, 1.54) is 12.8 Å². The lowest BCUT2D eigenvalue weighted by atomic mass is 9.89. The van der Waals surface area contributed by atoms with Crippen molar-refractivity contribution in [1.29, 1.82) is 0 Å². The van der Waals surface area contributed by atoms with Gasteiger partial charge in [-0.25, -0.2) is 4.57 Å². The number of ether oxygens (including phenoxy) is 2. The largest absolute Gasteiger partial charge is 0.472 e. The van der Waals surface area contributed by atoms with Gasteiger partial charge in [-0.1, -0.05) is 102 Å². The fourth-order valence-corrected chi connectivity index (χ4v) is 6.47. The summed E-state index contributed by atoms with van der Waals surface area (Å²) in [6.07, 6.45) is 21.8. The van der Waals surface area contributed by atoms with Crippen molar-refractivity contribution in [3.8, 4) is 0 Å². The molecule has 12 nitrogen and oxygen atoms in total. The van der Waals surface area contributed by atoms with Crippen LogP contribution in [0.4, 0.5) is 0 Å². The maximum atomic E-state index is 12.5. The molecule has 0 aromatic rings. The average molecular weight is 732 g/mol. The number of hydrogen-bond donors (Lipinski definition) is 5. The van der Waals surface area contributed by atoms with Crippen LogP contribution >= 0.6 is 7.82 Å². The fraction of sp³-hybridized carbons (Fsp3) is 0.784. The van der Waals surface area contributed by atoms with Crippen molar-refractivity contribution >= 4 is 19.8 Å². The summed E-state index contributed by atoms with van der Waals surface area (Å²) in [4.78, 5) is 34.9. The fourth-order valence-electron chi connectivity index (χ4n) is 5.70. The molecule has 0 heterocycles. The number of unbranched alkanes of at least 4 members (excludes halogenated alkanes) is 9. The molecule has 0 aromatic heterocycles. The van der Waals surface area contributed by atoms with Crippen molar-refractivity contribution < 1.29 is 52.9 Å². The molecule has 13 heteroatoms. The maximum absolute atomic E-state index is 12.5. The lowest BCUT2D eigenvalue weighted by Gasteiger charge is -2.20. The number of hydrogen-bond acceptors (Lipinski definition) is 11. The van der Waals surface area contributed by atoms with Gasteiger partial charge in [-0.2, -0.15) is 0 Å². The number of phosphoric acid groups is 1. The molecule has 1 saturated carbocycles. The molecule has 0 bridgehead atoms. The second-order valence-electron chi connectivity index (χ2n) is 13.1. The molecule has 1 rings (SSSR count). The van der Waals surface area contributed by atoms with E-state index in [4.69, 9.17) is 24.3 Å². The summed E-state index contributed by atoms with van der Waals surface area (Å²) in [6, 6.07) is 0. The Hall–Kier alpha value is -1.89. The Morgan fingerprint density at radius 1 is 0.860 bits per heavy atom. The summed E-state index contributed by atoms with van der Waals surface area (Å²) >= 11 is 0. The minimum absolute atomic E-state index is 0.00695. The van der Waals surface area contributed by atoms with Gasteiger partial charge in [-0.15, -0.1) is 0 Å². The Morgan fingerprint density at radius 3 is 2.28 bits per heavy atom. The number of aliphatic hydroxyl groups is 3. The zero-order valence-corrected chi connectivity index (χ0v) is 31.3. The topological polar surface area (TPSA) is 195 Å². The minimum atomic E-state index is -4.45. The summed E-state index contributed by atoms with van der Waals surface area (Å²) in [6.45, 7) is 3.17. The molecule has 290 valence electrons. The predicted molar refractivity (Wildman–Crippen MR) is 194 cm³/mol. The van der Waals surface area contributed by atoms with Gasteiger partial charge in [0.25, 0.3) is 0 Å². The molecule has 0 radical (unpaired) electrons. The summed E-state index contributed by atoms with van der Waals surface area (Å²) in [5, 5.41) is 31.2. The van der Waals surface area contributed by atoms with Crippen LogP contribution in [-0.2, 0) is 32.7 Å². The van der Waals surface area contributed by atoms with Crippen LogP contribution in [0.25, 0.3) is 0 Å². The highest BCUT2D eigenvalue weighted by Crippen LogP contribution is 2.43. The summed E-state index contributed by atoms with van der Waals surface area (Å²) in [7, 11) is -4.45. The summed E-state index contributed by atoms with van der Waals surface area (Å²) in [5.74, 6) is -1.74. The lowest BCUT2D eigenvalue weighted by Crippen LogP contribution is -2.29. The van der Waals surface area contributed by atoms with Gasteiger partial charge in [0.05, 0.1) is 37.9 Å². The zero-order valence-electron chi connectivity index (χ0n) is 30.4. The number of carbonyl (C=O) groups is 2. The Labute approximate surface area is 300 Å². The van der Waals surface area contributed by atoms with Gasteiger partial charge in [0.1, 0.15) is 6.61 Å². The van der Waals surface area contributed by atoms with Crippen LogP contribution in [0.1, 0.15) is 123 Å². The van der Waals surface area contributed by atoms with Crippen molar-refractivity contribution in [2.24, 2.45) is 17.6 Å². The van der Waals surface area contributed by atoms with Gasteiger partial charge in [-0.05, 0) is 44.4 Å². The van der Waals surface area contributed by atoms with Gasteiger partial charge in [0.2, 0.25) is 0 Å². The van der Waals surface area contributed by atoms with Crippen LogP contribution in [0.3, 0.4) is 0 Å². The van der Waals surface area contributed by atoms with Crippen LogP contribution in [0, 0.1) is 11.8 Å². The first kappa shape index (κ1) is 46.1. The SMILES string of the molecule is CCCC/C=C\CCCCCCCC(=O)O[C@H](COC(=O)C/C=C\C[C@H]1[C@@H](/C=C/[C@H](O)CCCCC)[C@H](O)C[C@@H]1O)COP(=O)(O)OCCN. The van der Waals surface area contributed by atoms with E-state index in [1.54, 1.807) is 24.3 Å². The molecule has 1 aliphatic carbocycles. The first-order chi connectivity index (χ1) is 24.0. The molecule has 7 atom stereocenters. The van der Waals surface area contributed by atoms with Gasteiger partial charge in [0.15, 0.2) is 6.10 Å². The Balaban J connectivity index is 2.56. The predicted octanol–water partition coefficient (Wildman–Crippen LogP) is 6.20. The second-order valence-corrected chi connectivity index (χ2v) is 14.5. The van der Waals surface area contributed by atoms with E-state index in [-0.39, 0.29) is 50.9 Å². The Bertz CT molecular complexity index is 1040. The highest BCUT2D eigenvalue weighted by Gasteiger charge is 2.39. The summed E-state index contributed by atoms with van der Waals surface area (Å²) < 4.78 is 32.5. The molecule has 0 aliphatic heterocycles. The van der Waals surface area contributed by atoms with E-state index in [9.17, 15) is 34.4 Å². The van der Waals surface area contributed by atoms with Crippen molar-refractivity contribution in [2.75, 3.05) is 26.4 Å². The number of nitrogens with two attached hydrogens (primary N) is 1. The molecule has 6 N–H and O–H groups in total. The number of allylic oxidation sites excluding steroid dienone is 3. The average Bonchev–Trinajstić information content (AvgIpc) is 3.35. The first-order valence-electron chi connectivity index (χ1n) is 18.7. The van der Waals surface area contributed by atoms with E-state index >= 15 is 0 Å². The number of rotatable bonds is 30. The zero-order chi connectivity index (χ0) is 37.0. The van der Waals surface area contributed by atoms with E-state index in [0.717, 1.165) is 57.8 Å². The van der Waals surface area contributed by atoms with E-state index in [2.05, 4.69) is 26.0 Å². The van der Waals surface area contributed by atoms with E-state index < -0.39 is 50.8 Å². The van der Waals surface area contributed by atoms with Gasteiger partial charge >= 0.3 is 19.8 Å². The molecule has 0 saturated heterocycles. The van der Waals surface area contributed by atoms with Gasteiger partial charge in [0, 0.05) is 25.3 Å². The van der Waals surface area contributed by atoms with Crippen molar-refractivity contribution in [2.45, 2.75) is 147 Å². The third kappa shape index (κ3) is 22.8. The first-order valence-corrected chi connectivity index (χ1v) is 20.2. The minimum Gasteiger partial charge on any atom is -0.461 e. The molecular formula is C37H66NO11P. The number of phosphoric ester groups is 1. The smallest absolute Gasteiger partial charge is 0.461 e. The highest BCUT2D eigenvalue weighted by molar-refractivity contribution is 7.47. The Kier molecular flexibility index (Phi) is 26.4. The third-order valence-electron chi connectivity index (χ3n) is 8.60. The normalized spacial score (nSPS) is 22.0. The van der Waals surface area contributed by atoms with E-state index in [0.29, 0.717) is 19.3 Å². The molecule has 1 fully saturated rings. The lowest BCUT2D eigenvalue weighted by molar-refractivity contribution is -0.160. The van der Waals surface area contributed by atoms with E-state index in [1.807, 2.05) is 0 Å². The second kappa shape index (κ2) is 28.7. The molecule has 0 amide bonds. The maximum Gasteiger partial charge on any atom is 0.472 e. The van der Waals surface area contributed by atoms with Crippen LogP contribution in [0.15, 0.2) is 36.5 Å². The van der Waals surface area contributed by atoms with Gasteiger partial charge in [-0.3, -0.25) is 18.6 Å². The molecule has 50 heavy (non-hydrogen) atoms. The molecule has 1 unspecified atom stereocenters. The van der Waals surface area contributed by atoms with Crippen molar-refractivity contribution in [3.63, 3.8) is 0 Å². The molecule has 1 aliphatic rings. The molecule has 0 spiro atoms. The monoisotopic (exact) mass is 731 g/mol. The Morgan fingerprint density at radius 2 is 1.56 bits per heavy atom. The third-order valence-corrected chi connectivity index (χ3v) is 9.59. The van der Waals surface area contributed by atoms with Crippen LogP contribution in [0.2, 0.25) is 0 Å². The number of aliphatic hydroxyl groups excluding tert-OH is 3. The van der Waals surface area contributed by atoms with Gasteiger partial charge < -0.3 is 35.4 Å². The van der Waals surface area contributed by atoms with Crippen LogP contribution in [-0.4, -0.2) is 82.9 Å². The number of esters is 2. The molecular weight excluding hydrogens is 665 g/mol. The standard InChI is InChI=1S/C37H66NO11P/c1-3-5-7-8-9-10-11-12-13-14-16-22-37(43)49-31(29-48-50(44,45)47-26-25-38)28-46-36(42)21-18-17-20-32-33(35(41)27-34(32)40)24-23-30(39)19-15-6-4-2/h8-9,17-18,23-24,30-35,39-41H,3-7,10-16,19-22,25-29,38H2,1-2H3,(H,44,45)/b9-8-,18-17-,24-23+/t30-,31-,32+,33-,34+,35-/m1/s1. The molecule has 0 aromatic carbocycles. The summed E-state index contributed by atoms with van der Waals surface area (Å²) in [5.41, 5.74) is 5.32. The number of carbonyl (C=O) groups excluding carboxylic acids is 2. The highest BCUT2D eigenvalue weighted by atomic mass is 31.2. The van der Waals surface area contributed by atoms with Crippen LogP contribution < -0.4 is 5.73 Å². The van der Waals surface area contributed by atoms with Crippen molar-refractivity contribution in [3.05, 3.63) is 36.5 Å². The quantitative estimate of drug-likeness (QED) is 0.0243. The van der Waals surface area contributed by atoms with Crippen LogP contribution in [0.5, 0.6) is 0 Å². The van der Waals surface area contributed by atoms with Crippen molar-refractivity contribution in [1.82, 2.24) is 0 Å².